The van der Waals surface area contributed by atoms with Crippen LogP contribution in [-0.2, 0) is 6.54 Å². The molecule has 0 aliphatic rings. The van der Waals surface area contributed by atoms with Gasteiger partial charge >= 0.3 is 0 Å². The van der Waals surface area contributed by atoms with Gasteiger partial charge in [0.25, 0.3) is 0 Å². The Balaban J connectivity index is 0.940. The van der Waals surface area contributed by atoms with Crippen LogP contribution in [0.25, 0.3) is 112 Å². The van der Waals surface area contributed by atoms with E-state index in [2.05, 4.69) is 164 Å². The van der Waals surface area contributed by atoms with E-state index in [-0.39, 0.29) is 0 Å². The van der Waals surface area contributed by atoms with Crippen LogP contribution in [0.3, 0.4) is 0 Å². The maximum atomic E-state index is 6.52. The van der Waals surface area contributed by atoms with Crippen molar-refractivity contribution in [1.82, 2.24) is 4.57 Å². The highest BCUT2D eigenvalue weighted by molar-refractivity contribution is 6.16. The maximum absolute atomic E-state index is 6.52. The molecule has 0 atom stereocenters. The van der Waals surface area contributed by atoms with Crippen molar-refractivity contribution in [3.63, 3.8) is 0 Å². The molecule has 11 rings (SSSR count). The molecular weight excluding hydrogens is 773 g/mol. The molecule has 0 aliphatic heterocycles. The third kappa shape index (κ3) is 6.28. The Morgan fingerprint density at radius 3 is 2.14 bits per heavy atom. The van der Waals surface area contributed by atoms with Gasteiger partial charge in [0.1, 0.15) is 33.7 Å². The van der Waals surface area contributed by atoms with Crippen molar-refractivity contribution < 1.29 is 13.3 Å². The van der Waals surface area contributed by atoms with Crippen LogP contribution >= 0.6 is 0 Å². The molecule has 0 N–H and O–H groups in total. The molecule has 0 aliphatic carbocycles. The first kappa shape index (κ1) is 37.8. The van der Waals surface area contributed by atoms with E-state index in [4.69, 9.17) is 18.2 Å². The third-order valence-corrected chi connectivity index (χ3v) is 12.2. The lowest BCUT2D eigenvalue weighted by molar-refractivity contribution is 0.602. The van der Waals surface area contributed by atoms with Crippen molar-refractivity contribution in [3.05, 3.63) is 205 Å². The number of aromatic nitrogens is 1. The minimum atomic E-state index is 0.541. The van der Waals surface area contributed by atoms with Crippen molar-refractivity contribution in [2.24, 2.45) is 4.99 Å². The Morgan fingerprint density at radius 2 is 1.33 bits per heavy atom. The molecule has 302 valence electrons. The normalized spacial score (nSPS) is 12.3. The molecular formula is C58H42N2O3. The molecule has 0 spiro atoms. The van der Waals surface area contributed by atoms with E-state index in [0.717, 1.165) is 122 Å². The van der Waals surface area contributed by atoms with Crippen molar-refractivity contribution in [2.75, 3.05) is 0 Å². The van der Waals surface area contributed by atoms with Crippen LogP contribution in [0.4, 0.5) is 0 Å². The highest BCUT2D eigenvalue weighted by Crippen LogP contribution is 2.42. The quantitative estimate of drug-likeness (QED) is 0.102. The Hall–Kier alpha value is -8.15. The number of aryl methyl sites for hydroxylation is 1. The number of nitrogens with zero attached hydrogens (tertiary/aromatic N) is 2. The molecule has 0 saturated carbocycles. The van der Waals surface area contributed by atoms with Gasteiger partial charge in [-0.05, 0) is 96.8 Å². The van der Waals surface area contributed by atoms with Gasteiger partial charge in [0.2, 0.25) is 0 Å². The summed E-state index contributed by atoms with van der Waals surface area (Å²) in [7, 11) is 0. The van der Waals surface area contributed by atoms with E-state index >= 15 is 0 Å². The van der Waals surface area contributed by atoms with E-state index in [1.54, 1.807) is 6.08 Å². The molecule has 4 heterocycles. The maximum Gasteiger partial charge on any atom is 0.142 e. The number of furan rings is 3. The molecule has 7 aromatic carbocycles. The second kappa shape index (κ2) is 15.4. The van der Waals surface area contributed by atoms with Crippen LogP contribution in [0, 0.1) is 6.92 Å². The van der Waals surface area contributed by atoms with Gasteiger partial charge in [-0.3, -0.25) is 4.99 Å². The van der Waals surface area contributed by atoms with Gasteiger partial charge < -0.3 is 17.8 Å². The predicted molar refractivity (Wildman–Crippen MR) is 265 cm³/mol. The van der Waals surface area contributed by atoms with Crippen LogP contribution in [0.15, 0.2) is 189 Å². The van der Waals surface area contributed by atoms with Gasteiger partial charge in [0.15, 0.2) is 0 Å². The Labute approximate surface area is 364 Å². The molecule has 11 aromatic rings. The van der Waals surface area contributed by atoms with E-state index in [9.17, 15) is 0 Å². The summed E-state index contributed by atoms with van der Waals surface area (Å²) in [6.07, 6.45) is 13.8. The molecule has 0 amide bonds. The van der Waals surface area contributed by atoms with Gasteiger partial charge in [-0.15, -0.1) is 0 Å². The van der Waals surface area contributed by atoms with E-state index in [1.807, 2.05) is 43.5 Å². The fraction of sp³-hybridized carbons (Fsp3) is 0.0517. The van der Waals surface area contributed by atoms with Gasteiger partial charge in [0, 0.05) is 66.5 Å². The standard InChI is InChI=1S/C58H42N2O3/c1-5-8-21-51-36(4)43-17-12-19-45(58(43)63-51)38-26-24-37(25-27-38)34-59-35-40-15-11-22-54-56(40)47-32-39(28-30-52(47)61-54)44-18-13-23-55-57(44)48-33-41(29-31-53(48)62-55)60-49(14-6-2)42(7-3)46-16-9-10-20-50(46)60/h5-33,35H,1,3,34H2,2,4H3/b14-6-,21-8-,59-35?. The van der Waals surface area contributed by atoms with Gasteiger partial charge in [0.05, 0.1) is 17.8 Å². The Morgan fingerprint density at radius 1 is 0.619 bits per heavy atom. The molecule has 0 bridgehead atoms. The molecule has 5 heteroatoms. The summed E-state index contributed by atoms with van der Waals surface area (Å²) in [5, 5.41) is 6.49. The van der Waals surface area contributed by atoms with Crippen LogP contribution in [0.1, 0.15) is 40.6 Å². The lowest BCUT2D eigenvalue weighted by Crippen LogP contribution is -1.97. The number of fused-ring (bicyclic) bond motifs is 8. The van der Waals surface area contributed by atoms with Crippen LogP contribution in [0.2, 0.25) is 0 Å². The number of hydrogen-bond acceptors (Lipinski definition) is 4. The van der Waals surface area contributed by atoms with Crippen molar-refractivity contribution in [3.8, 4) is 27.9 Å². The average Bonchev–Trinajstić information content (AvgIpc) is 4.07. The summed E-state index contributed by atoms with van der Waals surface area (Å²) >= 11 is 0. The van der Waals surface area contributed by atoms with Gasteiger partial charge in [-0.25, -0.2) is 0 Å². The summed E-state index contributed by atoms with van der Waals surface area (Å²) in [6.45, 7) is 12.7. The second-order valence-corrected chi connectivity index (χ2v) is 15.9. The van der Waals surface area contributed by atoms with Crippen LogP contribution < -0.4 is 0 Å². The fourth-order valence-corrected chi connectivity index (χ4v) is 9.27. The topological polar surface area (TPSA) is 56.7 Å². The third-order valence-electron chi connectivity index (χ3n) is 12.2. The van der Waals surface area contributed by atoms with E-state index < -0.39 is 0 Å². The number of aliphatic imine (C=N–C) groups is 1. The number of hydrogen-bond donors (Lipinski definition) is 0. The lowest BCUT2D eigenvalue weighted by Gasteiger charge is -2.10. The highest BCUT2D eigenvalue weighted by Gasteiger charge is 2.19. The smallest absolute Gasteiger partial charge is 0.142 e. The second-order valence-electron chi connectivity index (χ2n) is 15.9. The first-order chi connectivity index (χ1) is 31.0. The SMILES string of the molecule is C=C/C=C\c1oc2c(-c3ccc(CN=Cc4cccc5oc6ccc(-c7cccc8oc9ccc(-n%10c(/C=C\C)c(C=C)c%11ccccc%11%10)cc9c78)cc6c45)cc3)cccc2c1C. The molecule has 0 fully saturated rings. The zero-order chi connectivity index (χ0) is 42.6. The summed E-state index contributed by atoms with van der Waals surface area (Å²) in [5.74, 6) is 0.849. The zero-order valence-electron chi connectivity index (χ0n) is 35.1. The van der Waals surface area contributed by atoms with Gasteiger partial charge in [-0.1, -0.05) is 128 Å². The monoisotopic (exact) mass is 814 g/mol. The molecule has 0 radical (unpaired) electrons. The molecule has 4 aromatic heterocycles. The first-order valence-corrected chi connectivity index (χ1v) is 21.2. The fourth-order valence-electron chi connectivity index (χ4n) is 9.27. The number of para-hydroxylation sites is 2. The summed E-state index contributed by atoms with van der Waals surface area (Å²) in [6, 6.07) is 48.8. The molecule has 0 saturated heterocycles. The van der Waals surface area contributed by atoms with E-state index in [1.165, 1.54) is 5.39 Å². The largest absolute Gasteiger partial charge is 0.456 e. The molecule has 5 nitrogen and oxygen atoms in total. The summed E-state index contributed by atoms with van der Waals surface area (Å²) < 4.78 is 21.6. The minimum Gasteiger partial charge on any atom is -0.456 e. The van der Waals surface area contributed by atoms with Crippen LogP contribution in [0.5, 0.6) is 0 Å². The van der Waals surface area contributed by atoms with E-state index in [0.29, 0.717) is 6.54 Å². The average molecular weight is 815 g/mol. The Kier molecular flexibility index (Phi) is 9.24. The number of benzene rings is 7. The zero-order valence-corrected chi connectivity index (χ0v) is 35.1. The Bertz CT molecular complexity index is 3710. The minimum absolute atomic E-state index is 0.541. The summed E-state index contributed by atoms with van der Waals surface area (Å²) in [5.41, 5.74) is 16.2. The van der Waals surface area contributed by atoms with Crippen molar-refractivity contribution in [1.29, 1.82) is 0 Å². The highest BCUT2D eigenvalue weighted by atomic mass is 16.3. The predicted octanol–water partition coefficient (Wildman–Crippen LogP) is 16.3. The van der Waals surface area contributed by atoms with Gasteiger partial charge in [-0.2, -0.15) is 0 Å². The number of allylic oxidation sites excluding steroid dienone is 3. The lowest BCUT2D eigenvalue weighted by atomic mass is 9.97. The summed E-state index contributed by atoms with van der Waals surface area (Å²) in [4.78, 5) is 4.94. The first-order valence-electron chi connectivity index (χ1n) is 21.2. The molecule has 0 unspecified atom stereocenters. The number of rotatable bonds is 10. The van der Waals surface area contributed by atoms with Crippen molar-refractivity contribution >= 4 is 90.2 Å². The molecule has 63 heavy (non-hydrogen) atoms. The van der Waals surface area contributed by atoms with Crippen LogP contribution in [-0.4, -0.2) is 10.8 Å². The van der Waals surface area contributed by atoms with Crippen molar-refractivity contribution in [2.45, 2.75) is 20.4 Å².